The predicted molar refractivity (Wildman–Crippen MR) is 114 cm³/mol. The lowest BCUT2D eigenvalue weighted by Crippen LogP contribution is -2.43. The fraction of sp³-hybridized carbons (Fsp3) is 0.350. The molecule has 28 heavy (non-hydrogen) atoms. The average Bonchev–Trinajstić information content (AvgIpc) is 2.65. The highest BCUT2D eigenvalue weighted by Crippen LogP contribution is 2.24. The second-order valence-corrected chi connectivity index (χ2v) is 9.19. The summed E-state index contributed by atoms with van der Waals surface area (Å²) in [6, 6.07) is 11.9. The highest BCUT2D eigenvalue weighted by Gasteiger charge is 2.21. The Morgan fingerprint density at radius 3 is 2.25 bits per heavy atom. The smallest absolute Gasteiger partial charge is 0.261 e. The van der Waals surface area contributed by atoms with Gasteiger partial charge in [0.2, 0.25) is 0 Å². The molecule has 0 aliphatic heterocycles. The Morgan fingerprint density at radius 1 is 1.00 bits per heavy atom. The molecular weight excluding hydrogens is 397 g/mol. The third-order valence-electron chi connectivity index (χ3n) is 4.95. The predicted octanol–water partition coefficient (Wildman–Crippen LogP) is 4.49. The Balaban J connectivity index is 1.58. The molecule has 1 aliphatic rings. The van der Waals surface area contributed by atoms with Crippen molar-refractivity contribution in [2.45, 2.75) is 43.5 Å². The lowest BCUT2D eigenvalue weighted by atomic mass is 9.86. The topological polar surface area (TPSA) is 70.2 Å². The molecule has 1 saturated carbocycles. The highest BCUT2D eigenvalue weighted by atomic mass is 32.2. The highest BCUT2D eigenvalue weighted by molar-refractivity contribution is 7.92. The number of benzene rings is 2. The molecule has 5 nitrogen and oxygen atoms in total. The van der Waals surface area contributed by atoms with Crippen LogP contribution in [0.2, 0.25) is 0 Å². The number of sulfonamides is 1. The molecule has 8 heteroatoms. The molecule has 2 aromatic rings. The lowest BCUT2D eigenvalue weighted by molar-refractivity contribution is 0.309. The molecule has 0 bridgehead atoms. The Bertz CT molecular complexity index is 915. The molecule has 0 aromatic heterocycles. The van der Waals surface area contributed by atoms with Crippen molar-refractivity contribution in [3.63, 3.8) is 0 Å². The number of hydrogen-bond donors (Lipinski definition) is 3. The largest absolute Gasteiger partial charge is 0.359 e. The summed E-state index contributed by atoms with van der Waals surface area (Å²) in [5.41, 5.74) is 1.18. The number of hydrogen-bond acceptors (Lipinski definition) is 3. The number of nitrogens with one attached hydrogen (secondary N) is 3. The van der Waals surface area contributed by atoms with Crippen molar-refractivity contribution < 1.29 is 12.8 Å². The minimum atomic E-state index is -3.77. The molecule has 0 amide bonds. The molecule has 0 radical (unpaired) electrons. The first-order chi connectivity index (χ1) is 13.3. The minimum absolute atomic E-state index is 0.00285. The van der Waals surface area contributed by atoms with E-state index in [2.05, 4.69) is 22.3 Å². The third kappa shape index (κ3) is 5.42. The van der Waals surface area contributed by atoms with Gasteiger partial charge in [0, 0.05) is 17.4 Å². The van der Waals surface area contributed by atoms with Crippen LogP contribution in [-0.2, 0) is 10.0 Å². The van der Waals surface area contributed by atoms with Crippen LogP contribution in [0.3, 0.4) is 0 Å². The van der Waals surface area contributed by atoms with E-state index in [9.17, 15) is 12.8 Å². The van der Waals surface area contributed by atoms with E-state index in [0.29, 0.717) is 22.8 Å². The van der Waals surface area contributed by atoms with E-state index in [1.165, 1.54) is 31.4 Å². The van der Waals surface area contributed by atoms with Crippen LogP contribution in [-0.4, -0.2) is 19.6 Å². The third-order valence-corrected chi connectivity index (χ3v) is 6.56. The lowest BCUT2D eigenvalue weighted by Gasteiger charge is -2.30. The van der Waals surface area contributed by atoms with E-state index in [1.807, 2.05) is 0 Å². The maximum atomic E-state index is 13.0. The van der Waals surface area contributed by atoms with Gasteiger partial charge in [0.1, 0.15) is 5.82 Å². The van der Waals surface area contributed by atoms with Gasteiger partial charge in [-0.25, -0.2) is 12.8 Å². The fourth-order valence-electron chi connectivity index (χ4n) is 3.32. The van der Waals surface area contributed by atoms with Crippen LogP contribution in [0.15, 0.2) is 53.4 Å². The maximum Gasteiger partial charge on any atom is 0.261 e. The molecule has 0 saturated heterocycles. The molecule has 3 N–H and O–H groups in total. The van der Waals surface area contributed by atoms with Gasteiger partial charge in [0.15, 0.2) is 5.11 Å². The number of thiocarbonyl (C=S) groups is 1. The maximum absolute atomic E-state index is 13.0. The van der Waals surface area contributed by atoms with Crippen molar-refractivity contribution in [1.29, 1.82) is 0 Å². The molecule has 2 aromatic carbocycles. The fourth-order valence-corrected chi connectivity index (χ4v) is 4.64. The van der Waals surface area contributed by atoms with Crippen LogP contribution in [0.25, 0.3) is 0 Å². The van der Waals surface area contributed by atoms with Gasteiger partial charge in [-0.15, -0.1) is 0 Å². The summed E-state index contributed by atoms with van der Waals surface area (Å²) >= 11 is 5.40. The van der Waals surface area contributed by atoms with Crippen LogP contribution >= 0.6 is 12.2 Å². The standard InChI is InChI=1S/C20H24FN3O2S2/c1-14-4-2-3-5-19(14)23-20(27)22-16-8-10-17(11-9-16)24-28(25,26)18-12-6-15(21)7-13-18/h6-14,19,24H,2-5H2,1H3,(H2,22,23,27)/t14-,19-/m0/s1. The average molecular weight is 422 g/mol. The SMILES string of the molecule is C[C@H]1CCCC[C@@H]1NC(=S)Nc1ccc(NS(=O)(=O)c2ccc(F)cc2)cc1. The zero-order valence-electron chi connectivity index (χ0n) is 15.6. The van der Waals surface area contributed by atoms with Crippen molar-refractivity contribution in [2.24, 2.45) is 5.92 Å². The summed E-state index contributed by atoms with van der Waals surface area (Å²) in [5.74, 6) is 0.110. The van der Waals surface area contributed by atoms with Crippen molar-refractivity contribution in [1.82, 2.24) is 5.32 Å². The normalized spacial score (nSPS) is 19.6. The van der Waals surface area contributed by atoms with E-state index in [4.69, 9.17) is 12.2 Å². The van der Waals surface area contributed by atoms with Gasteiger partial charge >= 0.3 is 0 Å². The first-order valence-electron chi connectivity index (χ1n) is 9.29. The van der Waals surface area contributed by atoms with Crippen LogP contribution in [0, 0.1) is 11.7 Å². The Morgan fingerprint density at radius 2 is 1.61 bits per heavy atom. The first-order valence-corrected chi connectivity index (χ1v) is 11.2. The summed E-state index contributed by atoms with van der Waals surface area (Å²) in [7, 11) is -3.77. The zero-order valence-corrected chi connectivity index (χ0v) is 17.2. The molecule has 1 aliphatic carbocycles. The van der Waals surface area contributed by atoms with E-state index in [1.54, 1.807) is 24.3 Å². The molecule has 1 fully saturated rings. The van der Waals surface area contributed by atoms with E-state index in [0.717, 1.165) is 24.2 Å². The molecule has 0 unspecified atom stereocenters. The van der Waals surface area contributed by atoms with Crippen LogP contribution in [0.4, 0.5) is 15.8 Å². The summed E-state index contributed by atoms with van der Waals surface area (Å²) in [5, 5.41) is 7.08. The molecule has 3 rings (SSSR count). The van der Waals surface area contributed by atoms with Crippen molar-refractivity contribution in [3.05, 3.63) is 54.3 Å². The monoisotopic (exact) mass is 421 g/mol. The Hall–Kier alpha value is -2.19. The van der Waals surface area contributed by atoms with E-state index >= 15 is 0 Å². The summed E-state index contributed by atoms with van der Waals surface area (Å²) in [6.45, 7) is 2.24. The summed E-state index contributed by atoms with van der Waals surface area (Å²) in [6.07, 6.45) is 4.82. The van der Waals surface area contributed by atoms with Gasteiger partial charge < -0.3 is 10.6 Å². The second kappa shape index (κ2) is 8.87. The van der Waals surface area contributed by atoms with Gasteiger partial charge in [0.05, 0.1) is 4.90 Å². The molecular formula is C20H24FN3O2S2. The summed E-state index contributed by atoms with van der Waals surface area (Å²) in [4.78, 5) is 0.00285. The van der Waals surface area contributed by atoms with Gasteiger partial charge in [-0.05, 0) is 79.5 Å². The molecule has 0 spiro atoms. The minimum Gasteiger partial charge on any atom is -0.359 e. The van der Waals surface area contributed by atoms with Crippen molar-refractivity contribution in [3.8, 4) is 0 Å². The van der Waals surface area contributed by atoms with Crippen LogP contribution in [0.1, 0.15) is 32.6 Å². The Kier molecular flexibility index (Phi) is 6.51. The zero-order chi connectivity index (χ0) is 20.1. The second-order valence-electron chi connectivity index (χ2n) is 7.10. The number of halogens is 1. The number of rotatable bonds is 5. The molecule has 150 valence electrons. The van der Waals surface area contributed by atoms with Gasteiger partial charge in [-0.1, -0.05) is 19.8 Å². The van der Waals surface area contributed by atoms with Crippen molar-refractivity contribution >= 4 is 38.7 Å². The van der Waals surface area contributed by atoms with E-state index < -0.39 is 15.8 Å². The van der Waals surface area contributed by atoms with Crippen LogP contribution in [0.5, 0.6) is 0 Å². The quantitative estimate of drug-likeness (QED) is 0.621. The molecule has 0 heterocycles. The van der Waals surface area contributed by atoms with Gasteiger partial charge in [-0.2, -0.15) is 0 Å². The molecule has 2 atom stereocenters. The van der Waals surface area contributed by atoms with Crippen molar-refractivity contribution in [2.75, 3.05) is 10.0 Å². The Labute approximate surface area is 170 Å². The van der Waals surface area contributed by atoms with E-state index in [-0.39, 0.29) is 4.90 Å². The van der Waals surface area contributed by atoms with Gasteiger partial charge in [0.25, 0.3) is 10.0 Å². The van der Waals surface area contributed by atoms with Crippen LogP contribution < -0.4 is 15.4 Å². The summed E-state index contributed by atoms with van der Waals surface area (Å²) < 4.78 is 40.2. The first kappa shape index (κ1) is 20.5. The number of anilines is 2. The van der Waals surface area contributed by atoms with Gasteiger partial charge in [-0.3, -0.25) is 4.72 Å².